The average molecular weight is 390 g/mol. The lowest BCUT2D eigenvalue weighted by atomic mass is 10.2. The van der Waals surface area contributed by atoms with Gasteiger partial charge in [0.05, 0.1) is 0 Å². The first-order chi connectivity index (χ1) is 14.2. The fraction of sp³-hybridized carbons (Fsp3) is 0.0476. The predicted molar refractivity (Wildman–Crippen MR) is 102 cm³/mol. The Hall–Kier alpha value is -4.07. The van der Waals surface area contributed by atoms with E-state index >= 15 is 0 Å². The number of hydrogen-bond donors (Lipinski definition) is 1. The van der Waals surface area contributed by atoms with Crippen molar-refractivity contribution in [1.29, 1.82) is 0 Å². The molecular formula is C21H15FN4O3. The number of benzene rings is 1. The van der Waals surface area contributed by atoms with Crippen molar-refractivity contribution in [1.82, 2.24) is 20.4 Å². The molecule has 0 atom stereocenters. The highest BCUT2D eigenvalue weighted by Gasteiger charge is 2.13. The molecule has 1 N–H and O–H groups in total. The first-order valence-electron chi connectivity index (χ1n) is 8.71. The maximum absolute atomic E-state index is 13.2. The maximum Gasteiger partial charge on any atom is 0.273 e. The number of carbonyl (C=O) groups excluding carboxylic acids is 1. The van der Waals surface area contributed by atoms with Gasteiger partial charge in [-0.05, 0) is 29.8 Å². The number of rotatable bonds is 6. The normalized spacial score (nSPS) is 10.5. The van der Waals surface area contributed by atoms with Gasteiger partial charge in [0.1, 0.15) is 11.6 Å². The second kappa shape index (κ2) is 8.30. The van der Waals surface area contributed by atoms with E-state index < -0.39 is 0 Å². The van der Waals surface area contributed by atoms with E-state index in [2.05, 4.69) is 20.4 Å². The Morgan fingerprint density at radius 3 is 2.79 bits per heavy atom. The van der Waals surface area contributed by atoms with Crippen molar-refractivity contribution >= 4 is 5.91 Å². The Balaban J connectivity index is 1.34. The lowest BCUT2D eigenvalue weighted by Crippen LogP contribution is -2.23. The van der Waals surface area contributed by atoms with Gasteiger partial charge in [-0.1, -0.05) is 17.3 Å². The molecule has 0 saturated heterocycles. The largest absolute Gasteiger partial charge is 0.439 e. The number of nitrogens with zero attached hydrogens (tertiary/aromatic N) is 3. The van der Waals surface area contributed by atoms with E-state index in [4.69, 9.17) is 9.26 Å². The summed E-state index contributed by atoms with van der Waals surface area (Å²) < 4.78 is 23.9. The third-order valence-corrected chi connectivity index (χ3v) is 3.96. The van der Waals surface area contributed by atoms with Crippen LogP contribution in [0.1, 0.15) is 16.1 Å². The number of amides is 1. The van der Waals surface area contributed by atoms with Gasteiger partial charge in [-0.3, -0.25) is 9.78 Å². The lowest BCUT2D eigenvalue weighted by Gasteiger charge is -2.06. The van der Waals surface area contributed by atoms with Gasteiger partial charge in [0, 0.05) is 48.9 Å². The first kappa shape index (κ1) is 18.3. The van der Waals surface area contributed by atoms with E-state index in [0.717, 1.165) is 11.1 Å². The van der Waals surface area contributed by atoms with Crippen LogP contribution in [0, 0.1) is 5.82 Å². The van der Waals surface area contributed by atoms with E-state index in [1.807, 2.05) is 6.07 Å². The number of pyridine rings is 2. The average Bonchev–Trinajstić information content (AvgIpc) is 3.24. The van der Waals surface area contributed by atoms with E-state index in [1.54, 1.807) is 55.0 Å². The van der Waals surface area contributed by atoms with Crippen molar-refractivity contribution in [3.05, 3.63) is 90.3 Å². The van der Waals surface area contributed by atoms with Crippen LogP contribution < -0.4 is 10.1 Å². The molecule has 3 aromatic heterocycles. The maximum atomic E-state index is 13.2. The summed E-state index contributed by atoms with van der Waals surface area (Å²) in [5, 5.41) is 6.54. The smallest absolute Gasteiger partial charge is 0.273 e. The van der Waals surface area contributed by atoms with Crippen molar-refractivity contribution in [2.45, 2.75) is 6.54 Å². The van der Waals surface area contributed by atoms with Gasteiger partial charge in [-0.25, -0.2) is 9.37 Å². The summed E-state index contributed by atoms with van der Waals surface area (Å²) >= 11 is 0. The Bertz CT molecular complexity index is 1110. The summed E-state index contributed by atoms with van der Waals surface area (Å²) in [5.74, 6) is 0.381. The minimum absolute atomic E-state index is 0.169. The second-order valence-corrected chi connectivity index (χ2v) is 6.06. The Morgan fingerprint density at radius 1 is 1.10 bits per heavy atom. The van der Waals surface area contributed by atoms with Gasteiger partial charge in [0.2, 0.25) is 5.88 Å². The minimum Gasteiger partial charge on any atom is -0.439 e. The van der Waals surface area contributed by atoms with Crippen LogP contribution in [0.5, 0.6) is 11.6 Å². The summed E-state index contributed by atoms with van der Waals surface area (Å²) in [6, 6.07) is 14.3. The molecule has 0 radical (unpaired) electrons. The highest BCUT2D eigenvalue weighted by molar-refractivity contribution is 5.93. The van der Waals surface area contributed by atoms with Crippen LogP contribution in [0.15, 0.2) is 77.7 Å². The van der Waals surface area contributed by atoms with Crippen molar-refractivity contribution in [2.75, 3.05) is 0 Å². The van der Waals surface area contributed by atoms with E-state index in [0.29, 0.717) is 17.4 Å². The second-order valence-electron chi connectivity index (χ2n) is 6.06. The molecule has 144 valence electrons. The molecule has 0 aliphatic rings. The van der Waals surface area contributed by atoms with Crippen LogP contribution in [0.4, 0.5) is 4.39 Å². The zero-order valence-electron chi connectivity index (χ0n) is 15.1. The Kier molecular flexibility index (Phi) is 5.24. The zero-order valence-corrected chi connectivity index (χ0v) is 15.1. The van der Waals surface area contributed by atoms with Gasteiger partial charge < -0.3 is 14.6 Å². The molecule has 0 spiro atoms. The third-order valence-electron chi connectivity index (χ3n) is 3.96. The van der Waals surface area contributed by atoms with Crippen molar-refractivity contribution < 1.29 is 18.4 Å². The number of carbonyl (C=O) groups is 1. The molecule has 3 heterocycles. The Morgan fingerprint density at radius 2 is 2.03 bits per heavy atom. The number of ether oxygens (including phenoxy) is 1. The van der Waals surface area contributed by atoms with Crippen molar-refractivity contribution in [3.8, 4) is 23.0 Å². The zero-order chi connectivity index (χ0) is 20.1. The number of aromatic nitrogens is 3. The topological polar surface area (TPSA) is 90.1 Å². The SMILES string of the molecule is O=C(NCc1ccc(Oc2cccc(F)c2)nc1)c1cc(-c2cccnc2)on1. The number of hydrogen-bond acceptors (Lipinski definition) is 6. The summed E-state index contributed by atoms with van der Waals surface area (Å²) in [7, 11) is 0. The molecule has 0 bridgehead atoms. The molecule has 1 amide bonds. The quantitative estimate of drug-likeness (QED) is 0.535. The fourth-order valence-corrected chi connectivity index (χ4v) is 2.53. The Labute approximate surface area is 165 Å². The standard InChI is InChI=1S/C21H15FN4O3/c22-16-4-1-5-17(9-16)28-20-7-6-14(11-24-20)12-25-21(27)18-10-19(29-26-18)15-3-2-8-23-13-15/h1-11,13H,12H2,(H,25,27). The molecule has 0 fully saturated rings. The van der Waals surface area contributed by atoms with E-state index in [-0.39, 0.29) is 24.0 Å². The molecule has 0 saturated carbocycles. The summed E-state index contributed by atoms with van der Waals surface area (Å²) in [5.41, 5.74) is 1.67. The highest BCUT2D eigenvalue weighted by Crippen LogP contribution is 2.20. The van der Waals surface area contributed by atoms with Gasteiger partial charge >= 0.3 is 0 Å². The van der Waals surface area contributed by atoms with Crippen molar-refractivity contribution in [3.63, 3.8) is 0 Å². The molecular weight excluding hydrogens is 375 g/mol. The van der Waals surface area contributed by atoms with Gasteiger partial charge in [-0.2, -0.15) is 0 Å². The van der Waals surface area contributed by atoms with Crippen LogP contribution in [0.25, 0.3) is 11.3 Å². The summed E-state index contributed by atoms with van der Waals surface area (Å²) in [6.45, 7) is 0.251. The molecule has 1 aromatic carbocycles. The van der Waals surface area contributed by atoms with Crippen LogP contribution in [0.2, 0.25) is 0 Å². The number of nitrogens with one attached hydrogen (secondary N) is 1. The highest BCUT2D eigenvalue weighted by atomic mass is 19.1. The van der Waals surface area contributed by atoms with Gasteiger partial charge in [-0.15, -0.1) is 0 Å². The van der Waals surface area contributed by atoms with E-state index in [1.165, 1.54) is 12.1 Å². The van der Waals surface area contributed by atoms with Crippen LogP contribution in [-0.2, 0) is 6.54 Å². The molecule has 8 heteroatoms. The monoisotopic (exact) mass is 390 g/mol. The molecule has 4 rings (SSSR count). The molecule has 0 aliphatic heterocycles. The van der Waals surface area contributed by atoms with Crippen molar-refractivity contribution in [2.24, 2.45) is 0 Å². The molecule has 4 aromatic rings. The fourth-order valence-electron chi connectivity index (χ4n) is 2.53. The predicted octanol–water partition coefficient (Wildman–Crippen LogP) is 3.99. The summed E-state index contributed by atoms with van der Waals surface area (Å²) in [4.78, 5) is 20.4. The van der Waals surface area contributed by atoms with Crippen LogP contribution in [-0.4, -0.2) is 21.0 Å². The minimum atomic E-state index is -0.388. The molecule has 29 heavy (non-hydrogen) atoms. The first-order valence-corrected chi connectivity index (χ1v) is 8.71. The van der Waals surface area contributed by atoms with Crippen LogP contribution >= 0.6 is 0 Å². The molecule has 0 aliphatic carbocycles. The van der Waals surface area contributed by atoms with Gasteiger partial charge in [0.15, 0.2) is 11.5 Å². The lowest BCUT2D eigenvalue weighted by molar-refractivity contribution is 0.0942. The van der Waals surface area contributed by atoms with E-state index in [9.17, 15) is 9.18 Å². The van der Waals surface area contributed by atoms with Gasteiger partial charge in [0.25, 0.3) is 5.91 Å². The number of halogens is 1. The van der Waals surface area contributed by atoms with Crippen LogP contribution in [0.3, 0.4) is 0 Å². The molecule has 7 nitrogen and oxygen atoms in total. The summed E-state index contributed by atoms with van der Waals surface area (Å²) in [6.07, 6.45) is 4.84. The third kappa shape index (κ3) is 4.62. The molecule has 0 unspecified atom stereocenters.